The summed E-state index contributed by atoms with van der Waals surface area (Å²) in [6.07, 6.45) is 0. The van der Waals surface area contributed by atoms with Crippen molar-refractivity contribution in [3.63, 3.8) is 0 Å². The lowest BCUT2D eigenvalue weighted by Gasteiger charge is -1.92. The molecule has 0 aliphatic rings. The summed E-state index contributed by atoms with van der Waals surface area (Å²) >= 11 is 0.612. The number of methoxy groups -OCH3 is 1. The summed E-state index contributed by atoms with van der Waals surface area (Å²) in [5.41, 5.74) is 5.08. The summed E-state index contributed by atoms with van der Waals surface area (Å²) in [4.78, 5) is 14.0. The van der Waals surface area contributed by atoms with Crippen molar-refractivity contribution in [2.45, 2.75) is 0 Å². The number of aromatic nitrogens is 1. The molecule has 0 aliphatic heterocycles. The van der Waals surface area contributed by atoms with Gasteiger partial charge < -0.3 is 10.5 Å². The van der Waals surface area contributed by atoms with E-state index in [0.717, 1.165) is 0 Å². The van der Waals surface area contributed by atoms with E-state index in [9.17, 15) is 9.18 Å². The number of esters is 1. The van der Waals surface area contributed by atoms with Gasteiger partial charge in [0.05, 0.1) is 7.11 Å². The Morgan fingerprint density at radius 3 is 2.82 bits per heavy atom. The molecule has 1 rings (SSSR count). The molecule has 0 aliphatic carbocycles. The van der Waals surface area contributed by atoms with Gasteiger partial charge in [-0.05, 0) is 0 Å². The number of carbonyl (C=O) groups excluding carboxylic acids is 1. The molecule has 0 radical (unpaired) electrons. The van der Waals surface area contributed by atoms with Crippen molar-refractivity contribution < 1.29 is 13.9 Å². The summed E-state index contributed by atoms with van der Waals surface area (Å²) in [6.45, 7) is 0. The van der Waals surface area contributed by atoms with Gasteiger partial charge in [0.2, 0.25) is 0 Å². The van der Waals surface area contributed by atoms with Gasteiger partial charge in [0.15, 0.2) is 5.69 Å². The summed E-state index contributed by atoms with van der Waals surface area (Å²) in [5.74, 6) is -0.720. The molecule has 11 heavy (non-hydrogen) atoms. The highest BCUT2D eigenvalue weighted by Gasteiger charge is 2.15. The maximum absolute atomic E-state index is 12.3. The molecule has 0 aromatic carbocycles. The van der Waals surface area contributed by atoms with Crippen LogP contribution in [-0.4, -0.2) is 18.1 Å². The highest BCUT2D eigenvalue weighted by Crippen LogP contribution is 2.19. The summed E-state index contributed by atoms with van der Waals surface area (Å²) in [7, 11) is 1.18. The fourth-order valence-corrected chi connectivity index (χ4v) is 1.09. The Balaban J connectivity index is 3.03. The monoisotopic (exact) mass is 176 g/mol. The molecule has 60 valence electrons. The Morgan fingerprint density at radius 2 is 2.45 bits per heavy atom. The standard InChI is InChI=1S/C5H5FN2O2S/c1-10-4(9)2-3(7)11-5(6)8-2/h7H2,1H3. The third kappa shape index (κ3) is 1.45. The van der Waals surface area contributed by atoms with Crippen LogP contribution in [0.25, 0.3) is 0 Å². The van der Waals surface area contributed by atoms with Crippen LogP contribution in [0.3, 0.4) is 0 Å². The van der Waals surface area contributed by atoms with E-state index in [1.807, 2.05) is 0 Å². The summed E-state index contributed by atoms with van der Waals surface area (Å²) in [6, 6.07) is 0. The van der Waals surface area contributed by atoms with Crippen LogP contribution in [0.4, 0.5) is 9.39 Å². The van der Waals surface area contributed by atoms with Crippen LogP contribution in [0, 0.1) is 5.26 Å². The van der Waals surface area contributed by atoms with Gasteiger partial charge in [-0.2, -0.15) is 9.37 Å². The van der Waals surface area contributed by atoms with Gasteiger partial charge in [0.1, 0.15) is 5.00 Å². The van der Waals surface area contributed by atoms with Crippen LogP contribution in [-0.2, 0) is 4.74 Å². The molecular weight excluding hydrogens is 171 g/mol. The molecule has 1 aromatic rings. The number of ether oxygens (including phenoxy) is 1. The molecule has 6 heteroatoms. The molecule has 1 aromatic heterocycles. The lowest BCUT2D eigenvalue weighted by molar-refractivity contribution is 0.0595. The molecule has 0 unspecified atom stereocenters. The molecule has 2 N–H and O–H groups in total. The number of hydrogen-bond donors (Lipinski definition) is 1. The van der Waals surface area contributed by atoms with Gasteiger partial charge in [-0.1, -0.05) is 11.3 Å². The average Bonchev–Trinajstić information content (AvgIpc) is 2.28. The van der Waals surface area contributed by atoms with E-state index in [2.05, 4.69) is 9.72 Å². The minimum absolute atomic E-state index is 0.0364. The molecule has 4 nitrogen and oxygen atoms in total. The molecule has 0 saturated heterocycles. The lowest BCUT2D eigenvalue weighted by Crippen LogP contribution is -2.04. The van der Waals surface area contributed by atoms with Crippen LogP contribution in [0.2, 0.25) is 0 Å². The van der Waals surface area contributed by atoms with Gasteiger partial charge >= 0.3 is 5.97 Å². The number of nitrogen functional groups attached to an aromatic ring is 1. The van der Waals surface area contributed by atoms with E-state index in [4.69, 9.17) is 5.73 Å². The van der Waals surface area contributed by atoms with E-state index >= 15 is 0 Å². The zero-order valence-electron chi connectivity index (χ0n) is 5.63. The quantitative estimate of drug-likeness (QED) is 0.638. The fraction of sp³-hybridized carbons (Fsp3) is 0.200. The Kier molecular flexibility index (Phi) is 2.04. The molecule has 1 heterocycles. The average molecular weight is 176 g/mol. The number of thiazole rings is 1. The van der Waals surface area contributed by atoms with Crippen LogP contribution in [0.15, 0.2) is 0 Å². The highest BCUT2D eigenvalue weighted by molar-refractivity contribution is 7.14. The molecule has 0 bridgehead atoms. The van der Waals surface area contributed by atoms with Crippen molar-refractivity contribution >= 4 is 22.3 Å². The van der Waals surface area contributed by atoms with E-state index in [1.165, 1.54) is 7.11 Å². The van der Waals surface area contributed by atoms with Gasteiger partial charge in [0, 0.05) is 0 Å². The minimum Gasteiger partial charge on any atom is -0.464 e. The van der Waals surface area contributed by atoms with Crippen molar-refractivity contribution in [1.82, 2.24) is 4.98 Å². The molecule has 0 saturated carbocycles. The minimum atomic E-state index is -0.733. The van der Waals surface area contributed by atoms with Gasteiger partial charge in [-0.25, -0.2) is 4.79 Å². The van der Waals surface area contributed by atoms with E-state index in [0.29, 0.717) is 11.3 Å². The zero-order chi connectivity index (χ0) is 8.43. The molecule has 0 amide bonds. The van der Waals surface area contributed by atoms with Crippen molar-refractivity contribution in [3.8, 4) is 0 Å². The number of hydrogen-bond acceptors (Lipinski definition) is 5. The van der Waals surface area contributed by atoms with Crippen LogP contribution < -0.4 is 5.73 Å². The number of nitrogens with zero attached hydrogens (tertiary/aromatic N) is 1. The second kappa shape index (κ2) is 2.83. The van der Waals surface area contributed by atoms with Crippen LogP contribution >= 0.6 is 11.3 Å². The zero-order valence-corrected chi connectivity index (χ0v) is 6.44. The SMILES string of the molecule is COC(=O)c1nc(F)sc1N. The molecule has 0 fully saturated rings. The number of carbonyl (C=O) groups is 1. The molecule has 0 atom stereocenters. The summed E-state index contributed by atoms with van der Waals surface area (Å²) in [5, 5.41) is -0.697. The van der Waals surface area contributed by atoms with Crippen LogP contribution in [0.1, 0.15) is 10.5 Å². The predicted molar refractivity (Wildman–Crippen MR) is 37.8 cm³/mol. The van der Waals surface area contributed by atoms with Crippen LogP contribution in [0.5, 0.6) is 0 Å². The first-order chi connectivity index (χ1) is 5.15. The lowest BCUT2D eigenvalue weighted by atomic mass is 10.5. The van der Waals surface area contributed by atoms with Crippen molar-refractivity contribution in [2.24, 2.45) is 0 Å². The first kappa shape index (κ1) is 7.93. The topological polar surface area (TPSA) is 65.2 Å². The third-order valence-electron chi connectivity index (χ3n) is 1.01. The van der Waals surface area contributed by atoms with E-state index < -0.39 is 11.2 Å². The third-order valence-corrected chi connectivity index (χ3v) is 1.68. The van der Waals surface area contributed by atoms with E-state index in [-0.39, 0.29) is 10.7 Å². The predicted octanol–water partition coefficient (Wildman–Crippen LogP) is 0.651. The Morgan fingerprint density at radius 1 is 1.82 bits per heavy atom. The first-order valence-electron chi connectivity index (χ1n) is 2.65. The smallest absolute Gasteiger partial charge is 0.359 e. The van der Waals surface area contributed by atoms with Gasteiger partial charge in [-0.3, -0.25) is 0 Å². The Bertz CT molecular complexity index is 286. The molecule has 0 spiro atoms. The van der Waals surface area contributed by atoms with Gasteiger partial charge in [-0.15, -0.1) is 0 Å². The Hall–Kier alpha value is -1.17. The second-order valence-corrected chi connectivity index (χ2v) is 2.65. The fourth-order valence-electron chi connectivity index (χ4n) is 0.548. The van der Waals surface area contributed by atoms with Crippen molar-refractivity contribution in [1.29, 1.82) is 0 Å². The number of anilines is 1. The second-order valence-electron chi connectivity index (χ2n) is 1.67. The highest BCUT2D eigenvalue weighted by atomic mass is 32.1. The first-order valence-corrected chi connectivity index (χ1v) is 3.47. The largest absolute Gasteiger partial charge is 0.464 e. The summed E-state index contributed by atoms with van der Waals surface area (Å²) < 4.78 is 16.6. The molecular formula is C5H5FN2O2S. The number of halogens is 1. The van der Waals surface area contributed by atoms with Crippen molar-refractivity contribution in [3.05, 3.63) is 11.0 Å². The Labute approximate surface area is 65.8 Å². The van der Waals surface area contributed by atoms with Gasteiger partial charge in [0.25, 0.3) is 5.26 Å². The normalized spacial score (nSPS) is 9.64. The maximum atomic E-state index is 12.3. The van der Waals surface area contributed by atoms with E-state index in [1.54, 1.807) is 0 Å². The maximum Gasteiger partial charge on any atom is 0.359 e. The number of rotatable bonds is 1. The number of nitrogens with two attached hydrogens (primary N) is 1. The van der Waals surface area contributed by atoms with Crippen molar-refractivity contribution in [2.75, 3.05) is 12.8 Å².